The summed E-state index contributed by atoms with van der Waals surface area (Å²) in [4.78, 5) is 38.5. The van der Waals surface area contributed by atoms with Gasteiger partial charge >= 0.3 is 6.09 Å². The predicted molar refractivity (Wildman–Crippen MR) is 92.5 cm³/mol. The zero-order valence-corrected chi connectivity index (χ0v) is 14.4. The van der Waals surface area contributed by atoms with Crippen molar-refractivity contribution in [3.63, 3.8) is 0 Å². The van der Waals surface area contributed by atoms with Gasteiger partial charge in [0.1, 0.15) is 12.6 Å². The third-order valence-corrected chi connectivity index (χ3v) is 4.71. The highest BCUT2D eigenvalue weighted by molar-refractivity contribution is 5.86. The molecule has 1 atom stereocenters. The first kappa shape index (κ1) is 18.1. The maximum absolute atomic E-state index is 12.7. The highest BCUT2D eigenvalue weighted by atomic mass is 16.6. The molecular weight excluding hydrogens is 340 g/mol. The quantitative estimate of drug-likeness (QED) is 0.636. The predicted octanol–water partition coefficient (Wildman–Crippen LogP) is 1.13. The molecule has 3 rings (SSSR count). The van der Waals surface area contributed by atoms with E-state index in [0.717, 1.165) is 19.5 Å². The van der Waals surface area contributed by atoms with Crippen LogP contribution in [0.4, 0.5) is 10.5 Å². The molecule has 1 aromatic carbocycles. The Kier molecular flexibility index (Phi) is 5.67. The fraction of sp³-hybridized carbons (Fsp3) is 0.529. The Morgan fingerprint density at radius 3 is 2.54 bits per heavy atom. The number of rotatable bonds is 4. The number of non-ortho nitro benzene ring substituents is 1. The van der Waals surface area contributed by atoms with Gasteiger partial charge in [-0.2, -0.15) is 0 Å². The van der Waals surface area contributed by atoms with E-state index in [-0.39, 0.29) is 18.2 Å². The number of hydrogen-bond donors (Lipinski definition) is 1. The van der Waals surface area contributed by atoms with E-state index in [2.05, 4.69) is 5.32 Å². The zero-order chi connectivity index (χ0) is 18.5. The van der Waals surface area contributed by atoms with Gasteiger partial charge in [-0.15, -0.1) is 0 Å². The normalized spacial score (nSPS) is 20.1. The topological polar surface area (TPSA) is 105 Å². The Morgan fingerprint density at radius 2 is 1.88 bits per heavy atom. The monoisotopic (exact) mass is 362 g/mol. The number of amides is 2. The molecular formula is C17H22N4O5. The summed E-state index contributed by atoms with van der Waals surface area (Å²) < 4.78 is 5.31. The van der Waals surface area contributed by atoms with E-state index in [1.54, 1.807) is 17.0 Å². The third-order valence-electron chi connectivity index (χ3n) is 4.71. The van der Waals surface area contributed by atoms with Crippen LogP contribution in [0.3, 0.4) is 0 Å². The van der Waals surface area contributed by atoms with Gasteiger partial charge in [-0.1, -0.05) is 0 Å². The molecule has 2 amide bonds. The lowest BCUT2D eigenvalue weighted by molar-refractivity contribution is -0.384. The van der Waals surface area contributed by atoms with E-state index < -0.39 is 17.1 Å². The summed E-state index contributed by atoms with van der Waals surface area (Å²) in [6, 6.07) is 5.39. The summed E-state index contributed by atoms with van der Waals surface area (Å²) in [5, 5.41) is 13.9. The maximum atomic E-state index is 12.7. The fourth-order valence-corrected chi connectivity index (χ4v) is 3.28. The number of piperazine rings is 1. The van der Waals surface area contributed by atoms with Gasteiger partial charge in [-0.05, 0) is 30.5 Å². The van der Waals surface area contributed by atoms with Gasteiger partial charge in [-0.3, -0.25) is 19.8 Å². The van der Waals surface area contributed by atoms with Crippen molar-refractivity contribution in [2.24, 2.45) is 0 Å². The number of carbonyl (C=O) groups is 2. The van der Waals surface area contributed by atoms with Gasteiger partial charge in [0.05, 0.1) is 4.92 Å². The lowest BCUT2D eigenvalue weighted by atomic mass is 10.2. The van der Waals surface area contributed by atoms with E-state index in [9.17, 15) is 19.7 Å². The molecule has 2 fully saturated rings. The van der Waals surface area contributed by atoms with Crippen molar-refractivity contribution in [2.75, 3.05) is 32.7 Å². The van der Waals surface area contributed by atoms with Crippen molar-refractivity contribution < 1.29 is 19.2 Å². The van der Waals surface area contributed by atoms with Gasteiger partial charge in [0, 0.05) is 44.9 Å². The van der Waals surface area contributed by atoms with Crippen LogP contribution in [-0.4, -0.2) is 65.5 Å². The average Bonchev–Trinajstić information content (AvgIpc) is 3.16. The molecule has 1 aromatic rings. The van der Waals surface area contributed by atoms with E-state index in [0.29, 0.717) is 31.6 Å². The molecule has 2 saturated heterocycles. The lowest BCUT2D eigenvalue weighted by Gasteiger charge is -2.32. The van der Waals surface area contributed by atoms with Gasteiger partial charge in [-0.25, -0.2) is 4.79 Å². The smallest absolute Gasteiger partial charge is 0.410 e. The fourth-order valence-electron chi connectivity index (χ4n) is 3.28. The standard InChI is InChI=1S/C17H22N4O5/c22-16(19-10-7-18-8-11-19)15-2-1-9-20(15)17(23)26-12-13-3-5-14(6-4-13)21(24)25/h3-6,15,18H,1-2,7-12H2. The Labute approximate surface area is 151 Å². The molecule has 2 heterocycles. The Bertz CT molecular complexity index is 672. The molecule has 2 aliphatic heterocycles. The van der Waals surface area contributed by atoms with Crippen molar-refractivity contribution in [2.45, 2.75) is 25.5 Å². The van der Waals surface area contributed by atoms with Crippen molar-refractivity contribution in [1.82, 2.24) is 15.1 Å². The molecule has 1 unspecified atom stereocenters. The van der Waals surface area contributed by atoms with Gasteiger partial charge in [0.15, 0.2) is 0 Å². The summed E-state index contributed by atoms with van der Waals surface area (Å²) in [5.41, 5.74) is 0.648. The summed E-state index contributed by atoms with van der Waals surface area (Å²) >= 11 is 0. The molecule has 0 spiro atoms. The molecule has 9 nitrogen and oxygen atoms in total. The molecule has 0 aromatic heterocycles. The zero-order valence-electron chi connectivity index (χ0n) is 14.4. The minimum atomic E-state index is -0.519. The molecule has 1 N–H and O–H groups in total. The first-order valence-electron chi connectivity index (χ1n) is 8.72. The van der Waals surface area contributed by atoms with Crippen molar-refractivity contribution in [3.8, 4) is 0 Å². The molecule has 0 bridgehead atoms. The van der Waals surface area contributed by atoms with Gasteiger partial charge in [0.2, 0.25) is 5.91 Å². The second kappa shape index (κ2) is 8.13. The van der Waals surface area contributed by atoms with Crippen LogP contribution in [0.2, 0.25) is 0 Å². The first-order valence-corrected chi connectivity index (χ1v) is 8.72. The Hall–Kier alpha value is -2.68. The summed E-state index contributed by atoms with van der Waals surface area (Å²) in [6.07, 6.45) is 0.902. The molecule has 0 aliphatic carbocycles. The van der Waals surface area contributed by atoms with E-state index in [1.165, 1.54) is 17.0 Å². The molecule has 26 heavy (non-hydrogen) atoms. The van der Waals surface area contributed by atoms with Crippen LogP contribution in [0.25, 0.3) is 0 Å². The van der Waals surface area contributed by atoms with Crippen molar-refractivity contribution in [3.05, 3.63) is 39.9 Å². The largest absolute Gasteiger partial charge is 0.445 e. The van der Waals surface area contributed by atoms with E-state index in [1.807, 2.05) is 0 Å². The van der Waals surface area contributed by atoms with E-state index >= 15 is 0 Å². The highest BCUT2D eigenvalue weighted by Gasteiger charge is 2.37. The van der Waals surface area contributed by atoms with Crippen LogP contribution in [0.15, 0.2) is 24.3 Å². The minimum absolute atomic E-state index is 0.0127. The number of nitrogens with one attached hydrogen (secondary N) is 1. The summed E-state index contributed by atoms with van der Waals surface area (Å²) in [5.74, 6) is -0.0173. The first-order chi connectivity index (χ1) is 12.6. The lowest BCUT2D eigenvalue weighted by Crippen LogP contribution is -2.53. The van der Waals surface area contributed by atoms with Gasteiger partial charge < -0.3 is 15.0 Å². The number of nitrogens with zero attached hydrogens (tertiary/aromatic N) is 3. The molecule has 0 radical (unpaired) electrons. The van der Waals surface area contributed by atoms with Crippen molar-refractivity contribution in [1.29, 1.82) is 0 Å². The second-order valence-corrected chi connectivity index (χ2v) is 6.40. The average molecular weight is 362 g/mol. The van der Waals surface area contributed by atoms with E-state index in [4.69, 9.17) is 4.74 Å². The molecule has 0 saturated carbocycles. The molecule has 140 valence electrons. The van der Waals surface area contributed by atoms with Crippen LogP contribution in [0.5, 0.6) is 0 Å². The molecule has 9 heteroatoms. The summed E-state index contributed by atoms with van der Waals surface area (Å²) in [7, 11) is 0. The number of ether oxygens (including phenoxy) is 1. The third kappa shape index (κ3) is 4.10. The SMILES string of the molecule is O=C(C1CCCN1C(=O)OCc1ccc([N+](=O)[O-])cc1)N1CCNCC1. The Balaban J connectivity index is 1.56. The number of hydrogen-bond acceptors (Lipinski definition) is 6. The number of likely N-dealkylation sites (tertiary alicyclic amines) is 1. The van der Waals surface area contributed by atoms with Crippen LogP contribution in [0, 0.1) is 10.1 Å². The molecule has 2 aliphatic rings. The second-order valence-electron chi connectivity index (χ2n) is 6.40. The van der Waals surface area contributed by atoms with Crippen LogP contribution in [0.1, 0.15) is 18.4 Å². The van der Waals surface area contributed by atoms with Gasteiger partial charge in [0.25, 0.3) is 5.69 Å². The Morgan fingerprint density at radius 1 is 1.19 bits per heavy atom. The summed E-state index contributed by atoms with van der Waals surface area (Å²) in [6.45, 7) is 3.36. The highest BCUT2D eigenvalue weighted by Crippen LogP contribution is 2.21. The van der Waals surface area contributed by atoms with Crippen molar-refractivity contribution >= 4 is 17.7 Å². The van der Waals surface area contributed by atoms with Crippen LogP contribution in [-0.2, 0) is 16.1 Å². The number of carbonyl (C=O) groups excluding carboxylic acids is 2. The van der Waals surface area contributed by atoms with Crippen LogP contribution < -0.4 is 5.32 Å². The maximum Gasteiger partial charge on any atom is 0.410 e. The number of nitro benzene ring substituents is 1. The van der Waals surface area contributed by atoms with Crippen LogP contribution >= 0.6 is 0 Å². The number of nitro groups is 1. The number of benzene rings is 1. The minimum Gasteiger partial charge on any atom is -0.445 e.